The van der Waals surface area contributed by atoms with Crippen molar-refractivity contribution in [2.24, 2.45) is 0 Å². The predicted octanol–water partition coefficient (Wildman–Crippen LogP) is 2.33. The number of nitrogens with zero attached hydrogens (tertiary/aromatic N) is 1. The van der Waals surface area contributed by atoms with Crippen LogP contribution in [0.25, 0.3) is 0 Å². The van der Waals surface area contributed by atoms with Crippen molar-refractivity contribution in [3.63, 3.8) is 0 Å². The normalized spacial score (nSPS) is 25.6. The largest absolute Gasteiger partial charge is 0.378 e. The van der Waals surface area contributed by atoms with Crippen molar-refractivity contribution in [1.82, 2.24) is 10.2 Å². The van der Waals surface area contributed by atoms with Gasteiger partial charge >= 0.3 is 0 Å². The minimum atomic E-state index is 0.0771. The summed E-state index contributed by atoms with van der Waals surface area (Å²) in [6, 6.07) is 0.0771. The smallest absolute Gasteiger partial charge is 0.237 e. The molecule has 1 saturated heterocycles. The monoisotopic (exact) mass is 282 g/mol. The number of likely N-dealkylation sites (N-methyl/N-ethyl adjacent to an activating group) is 1. The van der Waals surface area contributed by atoms with Crippen LogP contribution in [0.3, 0.4) is 0 Å². The number of hydrogen-bond acceptors (Lipinski definition) is 3. The van der Waals surface area contributed by atoms with Crippen LogP contribution in [0.15, 0.2) is 0 Å². The summed E-state index contributed by atoms with van der Waals surface area (Å²) in [5, 5.41) is 3.08. The molecule has 1 heterocycles. The molecule has 4 heteroatoms. The van der Waals surface area contributed by atoms with Gasteiger partial charge in [0.1, 0.15) is 0 Å². The Labute approximate surface area is 123 Å². The maximum atomic E-state index is 12.2. The van der Waals surface area contributed by atoms with Gasteiger partial charge in [0.2, 0.25) is 5.91 Å². The number of nitrogens with one attached hydrogen (secondary N) is 1. The van der Waals surface area contributed by atoms with Crippen LogP contribution in [0, 0.1) is 0 Å². The molecule has 4 nitrogen and oxygen atoms in total. The Bertz CT molecular complexity index is 290. The van der Waals surface area contributed by atoms with Crippen molar-refractivity contribution in [2.75, 3.05) is 26.7 Å². The summed E-state index contributed by atoms with van der Waals surface area (Å²) < 4.78 is 5.81. The second-order valence-corrected chi connectivity index (χ2v) is 6.27. The fourth-order valence-corrected chi connectivity index (χ4v) is 3.29. The van der Waals surface area contributed by atoms with E-state index in [0.29, 0.717) is 6.10 Å². The highest BCUT2D eigenvalue weighted by atomic mass is 16.5. The third-order valence-electron chi connectivity index (χ3n) is 4.60. The van der Waals surface area contributed by atoms with E-state index in [1.54, 1.807) is 0 Å². The Hall–Kier alpha value is -0.610. The van der Waals surface area contributed by atoms with Gasteiger partial charge in [-0.25, -0.2) is 0 Å². The third kappa shape index (κ3) is 5.06. The molecule has 1 unspecified atom stereocenters. The molecule has 0 aromatic carbocycles. The van der Waals surface area contributed by atoms with Gasteiger partial charge in [0, 0.05) is 13.2 Å². The van der Waals surface area contributed by atoms with Crippen LogP contribution < -0.4 is 5.32 Å². The summed E-state index contributed by atoms with van der Waals surface area (Å²) in [5.74, 6) is 0.204. The molecule has 0 aromatic rings. The fraction of sp³-hybridized carbons (Fsp3) is 0.938. The van der Waals surface area contributed by atoms with Gasteiger partial charge in [0.05, 0.1) is 12.1 Å². The van der Waals surface area contributed by atoms with Crippen molar-refractivity contribution < 1.29 is 9.53 Å². The Balaban J connectivity index is 1.56. The molecule has 1 N–H and O–H groups in total. The van der Waals surface area contributed by atoms with Crippen molar-refractivity contribution in [3.05, 3.63) is 0 Å². The number of carbonyl (C=O) groups is 1. The maximum Gasteiger partial charge on any atom is 0.237 e. The second-order valence-electron chi connectivity index (χ2n) is 6.27. The van der Waals surface area contributed by atoms with E-state index in [-0.39, 0.29) is 11.9 Å². The molecule has 1 aliphatic carbocycles. The van der Waals surface area contributed by atoms with Crippen molar-refractivity contribution in [3.8, 4) is 0 Å². The third-order valence-corrected chi connectivity index (χ3v) is 4.60. The molecule has 1 aliphatic heterocycles. The zero-order valence-electron chi connectivity index (χ0n) is 12.9. The lowest BCUT2D eigenvalue weighted by Crippen LogP contribution is -2.45. The zero-order chi connectivity index (χ0) is 14.2. The van der Waals surface area contributed by atoms with Crippen molar-refractivity contribution in [2.45, 2.75) is 69.9 Å². The highest BCUT2D eigenvalue weighted by Gasteiger charge is 2.24. The Morgan fingerprint density at radius 1 is 1.15 bits per heavy atom. The minimum Gasteiger partial charge on any atom is -0.378 e. The number of carbonyl (C=O) groups excluding carboxylic acids is 1. The summed E-state index contributed by atoms with van der Waals surface area (Å²) in [5.41, 5.74) is 0. The van der Waals surface area contributed by atoms with E-state index >= 15 is 0 Å². The van der Waals surface area contributed by atoms with E-state index < -0.39 is 0 Å². The van der Waals surface area contributed by atoms with E-state index in [4.69, 9.17) is 4.74 Å². The Kier molecular flexibility index (Phi) is 6.80. The molecule has 1 atom stereocenters. The quantitative estimate of drug-likeness (QED) is 0.760. The van der Waals surface area contributed by atoms with Gasteiger partial charge in [-0.1, -0.05) is 25.7 Å². The lowest BCUT2D eigenvalue weighted by Gasteiger charge is -2.24. The Morgan fingerprint density at radius 2 is 1.90 bits per heavy atom. The van der Waals surface area contributed by atoms with Crippen LogP contribution in [0.1, 0.15) is 57.8 Å². The van der Waals surface area contributed by atoms with Crippen molar-refractivity contribution >= 4 is 5.91 Å². The number of ether oxygens (including phenoxy) is 1. The minimum absolute atomic E-state index is 0.0771. The molecule has 0 aromatic heterocycles. The molecule has 116 valence electrons. The molecule has 0 bridgehead atoms. The van der Waals surface area contributed by atoms with Crippen molar-refractivity contribution in [1.29, 1.82) is 0 Å². The predicted molar refractivity (Wildman–Crippen MR) is 80.7 cm³/mol. The van der Waals surface area contributed by atoms with Gasteiger partial charge in [-0.3, -0.25) is 9.69 Å². The van der Waals surface area contributed by atoms with Gasteiger partial charge in [-0.15, -0.1) is 0 Å². The molecule has 2 rings (SSSR count). The van der Waals surface area contributed by atoms with Crippen LogP contribution in [-0.4, -0.2) is 49.7 Å². The molecule has 20 heavy (non-hydrogen) atoms. The number of hydrogen-bond donors (Lipinski definition) is 1. The highest BCUT2D eigenvalue weighted by molar-refractivity contribution is 5.81. The first kappa shape index (κ1) is 15.8. The summed E-state index contributed by atoms with van der Waals surface area (Å²) in [7, 11) is 2.07. The highest BCUT2D eigenvalue weighted by Crippen LogP contribution is 2.20. The van der Waals surface area contributed by atoms with Gasteiger partial charge in [0.25, 0.3) is 0 Å². The molecular formula is C16H30N2O2. The zero-order valence-corrected chi connectivity index (χ0v) is 12.9. The molecule has 1 saturated carbocycles. The standard InChI is InChI=1S/C16H30N2O2/c1-18-12-6-2-3-10-15(18)16(19)17-11-7-13-20-14-8-4-5-9-14/h14-15H,2-13H2,1H3,(H,17,19). The number of amides is 1. The molecular weight excluding hydrogens is 252 g/mol. The van der Waals surface area contributed by atoms with E-state index in [1.807, 2.05) is 0 Å². The average molecular weight is 282 g/mol. The first-order valence-corrected chi connectivity index (χ1v) is 8.37. The molecule has 0 spiro atoms. The van der Waals surface area contributed by atoms with E-state index in [2.05, 4.69) is 17.3 Å². The number of likely N-dealkylation sites (tertiary alicyclic amines) is 1. The van der Waals surface area contributed by atoms with Crippen LogP contribution in [0.4, 0.5) is 0 Å². The fourth-order valence-electron chi connectivity index (χ4n) is 3.29. The molecule has 2 aliphatic rings. The summed E-state index contributed by atoms with van der Waals surface area (Å²) >= 11 is 0. The maximum absolute atomic E-state index is 12.2. The topological polar surface area (TPSA) is 41.6 Å². The van der Waals surface area contributed by atoms with Gasteiger partial charge in [-0.2, -0.15) is 0 Å². The Morgan fingerprint density at radius 3 is 2.70 bits per heavy atom. The van der Waals surface area contributed by atoms with Gasteiger partial charge < -0.3 is 10.1 Å². The summed E-state index contributed by atoms with van der Waals surface area (Å²) in [6.45, 7) is 2.57. The van der Waals surface area contributed by atoms with Gasteiger partial charge in [-0.05, 0) is 45.7 Å². The van der Waals surface area contributed by atoms with Crippen LogP contribution in [-0.2, 0) is 9.53 Å². The first-order valence-electron chi connectivity index (χ1n) is 8.37. The van der Waals surface area contributed by atoms with Crippen LogP contribution in [0.2, 0.25) is 0 Å². The number of rotatable bonds is 6. The van der Waals surface area contributed by atoms with Gasteiger partial charge in [0.15, 0.2) is 0 Å². The summed E-state index contributed by atoms with van der Waals surface area (Å²) in [6.07, 6.45) is 11.1. The second kappa shape index (κ2) is 8.63. The lowest BCUT2D eigenvalue weighted by molar-refractivity contribution is -0.126. The van der Waals surface area contributed by atoms with Crippen LogP contribution in [0.5, 0.6) is 0 Å². The summed E-state index contributed by atoms with van der Waals surface area (Å²) in [4.78, 5) is 14.4. The van der Waals surface area contributed by atoms with E-state index in [1.165, 1.54) is 44.9 Å². The lowest BCUT2D eigenvalue weighted by atomic mass is 10.1. The van der Waals surface area contributed by atoms with Crippen LogP contribution >= 0.6 is 0 Å². The average Bonchev–Trinajstić information content (AvgIpc) is 2.86. The molecule has 2 fully saturated rings. The van der Waals surface area contributed by atoms with E-state index in [0.717, 1.165) is 32.5 Å². The SMILES string of the molecule is CN1CCCCCC1C(=O)NCCCOC1CCCC1. The first-order chi connectivity index (χ1) is 9.77. The molecule has 0 radical (unpaired) electrons. The van der Waals surface area contributed by atoms with E-state index in [9.17, 15) is 4.79 Å². The molecule has 1 amide bonds.